The molecule has 3 heteroatoms. The summed E-state index contributed by atoms with van der Waals surface area (Å²) in [5, 5.41) is 0. The van der Waals surface area contributed by atoms with Gasteiger partial charge in [0.2, 0.25) is 0 Å². The number of hydrogen-bond acceptors (Lipinski definition) is 1. The van der Waals surface area contributed by atoms with Crippen molar-refractivity contribution in [2.45, 2.75) is 20.0 Å². The molecule has 13 heavy (non-hydrogen) atoms. The summed E-state index contributed by atoms with van der Waals surface area (Å²) in [6.45, 7) is 3.24. The van der Waals surface area contributed by atoms with Crippen molar-refractivity contribution in [3.63, 3.8) is 0 Å². The maximum atomic E-state index is 12.9. The minimum absolute atomic E-state index is 0.232. The van der Waals surface area contributed by atoms with Crippen LogP contribution in [0.15, 0.2) is 22.7 Å². The Balaban J connectivity index is 2.56. The average Bonchev–Trinajstić information content (AvgIpc) is 2.03. The molecule has 0 bridgehead atoms. The Morgan fingerprint density at radius 2 is 2.15 bits per heavy atom. The van der Waals surface area contributed by atoms with Crippen LogP contribution < -0.4 is 0 Å². The molecule has 0 fully saturated rings. The van der Waals surface area contributed by atoms with E-state index in [1.807, 2.05) is 13.0 Å². The van der Waals surface area contributed by atoms with E-state index in [1.54, 1.807) is 0 Å². The van der Waals surface area contributed by atoms with Crippen LogP contribution in [0.5, 0.6) is 0 Å². The first-order valence-electron chi connectivity index (χ1n) is 4.25. The van der Waals surface area contributed by atoms with Gasteiger partial charge in [-0.25, -0.2) is 4.39 Å². The molecule has 0 aliphatic carbocycles. The van der Waals surface area contributed by atoms with E-state index in [1.165, 1.54) is 12.1 Å². The lowest BCUT2D eigenvalue weighted by Crippen LogP contribution is -1.94. The molecule has 0 aliphatic heterocycles. The molecule has 0 heterocycles. The Morgan fingerprint density at radius 3 is 2.77 bits per heavy atom. The Bertz CT molecular complexity index is 255. The molecular weight excluding hydrogens is 235 g/mol. The van der Waals surface area contributed by atoms with Gasteiger partial charge in [0, 0.05) is 11.1 Å². The highest BCUT2D eigenvalue weighted by atomic mass is 79.9. The molecule has 0 spiro atoms. The lowest BCUT2D eigenvalue weighted by atomic mass is 10.2. The summed E-state index contributed by atoms with van der Waals surface area (Å²) in [4.78, 5) is 0. The van der Waals surface area contributed by atoms with Crippen LogP contribution in [0.2, 0.25) is 0 Å². The van der Waals surface area contributed by atoms with Crippen molar-refractivity contribution in [1.82, 2.24) is 0 Å². The van der Waals surface area contributed by atoms with Crippen LogP contribution in [0.3, 0.4) is 0 Å². The van der Waals surface area contributed by atoms with Crippen molar-refractivity contribution in [3.8, 4) is 0 Å². The van der Waals surface area contributed by atoms with Crippen LogP contribution in [0.25, 0.3) is 0 Å². The third kappa shape index (κ3) is 3.87. The number of halogens is 2. The van der Waals surface area contributed by atoms with E-state index >= 15 is 0 Å². The zero-order chi connectivity index (χ0) is 9.68. The number of ether oxygens (including phenoxy) is 1. The SMILES string of the molecule is CCCOCc1cc(F)cc(Br)c1. The molecule has 0 saturated heterocycles. The van der Waals surface area contributed by atoms with E-state index in [-0.39, 0.29) is 5.82 Å². The van der Waals surface area contributed by atoms with Crippen LogP contribution in [0.1, 0.15) is 18.9 Å². The zero-order valence-corrected chi connectivity index (χ0v) is 9.10. The lowest BCUT2D eigenvalue weighted by molar-refractivity contribution is 0.121. The predicted molar refractivity (Wildman–Crippen MR) is 54.0 cm³/mol. The van der Waals surface area contributed by atoms with E-state index in [0.717, 1.165) is 16.5 Å². The summed E-state index contributed by atoms with van der Waals surface area (Å²) in [5.41, 5.74) is 0.861. The van der Waals surface area contributed by atoms with Gasteiger partial charge in [-0.15, -0.1) is 0 Å². The van der Waals surface area contributed by atoms with Crippen LogP contribution in [-0.2, 0) is 11.3 Å². The molecule has 72 valence electrons. The Hall–Kier alpha value is -0.410. The normalized spacial score (nSPS) is 10.4. The van der Waals surface area contributed by atoms with E-state index in [9.17, 15) is 4.39 Å². The molecule has 0 amide bonds. The number of hydrogen-bond donors (Lipinski definition) is 0. The van der Waals surface area contributed by atoms with Gasteiger partial charge >= 0.3 is 0 Å². The van der Waals surface area contributed by atoms with Gasteiger partial charge in [0.05, 0.1) is 6.61 Å². The second-order valence-electron chi connectivity index (χ2n) is 2.83. The molecular formula is C10H12BrFO. The molecule has 0 N–H and O–H groups in total. The van der Waals surface area contributed by atoms with Crippen molar-refractivity contribution in [2.75, 3.05) is 6.61 Å². The maximum Gasteiger partial charge on any atom is 0.124 e. The van der Waals surface area contributed by atoms with Gasteiger partial charge in [-0.1, -0.05) is 22.9 Å². The van der Waals surface area contributed by atoms with Crippen molar-refractivity contribution >= 4 is 15.9 Å². The van der Waals surface area contributed by atoms with Crippen molar-refractivity contribution < 1.29 is 9.13 Å². The van der Waals surface area contributed by atoms with Crippen molar-refractivity contribution in [3.05, 3.63) is 34.1 Å². The fraction of sp³-hybridized carbons (Fsp3) is 0.400. The zero-order valence-electron chi connectivity index (χ0n) is 7.52. The largest absolute Gasteiger partial charge is 0.377 e. The van der Waals surface area contributed by atoms with Crippen LogP contribution in [0.4, 0.5) is 4.39 Å². The summed E-state index contributed by atoms with van der Waals surface area (Å²) in [5.74, 6) is -0.232. The summed E-state index contributed by atoms with van der Waals surface area (Å²) in [7, 11) is 0. The molecule has 0 unspecified atom stereocenters. The first-order chi connectivity index (χ1) is 6.22. The first kappa shape index (κ1) is 10.7. The fourth-order valence-corrected chi connectivity index (χ4v) is 1.54. The highest BCUT2D eigenvalue weighted by Crippen LogP contribution is 2.15. The second kappa shape index (κ2) is 5.35. The molecule has 1 nitrogen and oxygen atoms in total. The summed E-state index contributed by atoms with van der Waals surface area (Å²) in [6.07, 6.45) is 0.983. The summed E-state index contributed by atoms with van der Waals surface area (Å²) >= 11 is 3.23. The second-order valence-corrected chi connectivity index (χ2v) is 3.75. The van der Waals surface area contributed by atoms with Crippen LogP contribution >= 0.6 is 15.9 Å². The summed E-state index contributed by atoms with van der Waals surface area (Å²) in [6, 6.07) is 4.78. The monoisotopic (exact) mass is 246 g/mol. The topological polar surface area (TPSA) is 9.23 Å². The highest BCUT2D eigenvalue weighted by Gasteiger charge is 1.98. The maximum absolute atomic E-state index is 12.9. The third-order valence-electron chi connectivity index (χ3n) is 1.54. The van der Waals surface area contributed by atoms with Gasteiger partial charge in [0.1, 0.15) is 5.82 Å². The third-order valence-corrected chi connectivity index (χ3v) is 2.00. The quantitative estimate of drug-likeness (QED) is 0.739. The van der Waals surface area contributed by atoms with E-state index in [4.69, 9.17) is 4.74 Å². The molecule has 0 atom stereocenters. The molecule has 0 saturated carbocycles. The lowest BCUT2D eigenvalue weighted by Gasteiger charge is -2.03. The van der Waals surface area contributed by atoms with Crippen molar-refractivity contribution in [2.24, 2.45) is 0 Å². The molecule has 1 aromatic carbocycles. The average molecular weight is 247 g/mol. The van der Waals surface area contributed by atoms with E-state index < -0.39 is 0 Å². The molecule has 1 aromatic rings. The molecule has 0 radical (unpaired) electrons. The van der Waals surface area contributed by atoms with Gasteiger partial charge in [-0.3, -0.25) is 0 Å². The van der Waals surface area contributed by atoms with E-state index in [2.05, 4.69) is 15.9 Å². The predicted octanol–water partition coefficient (Wildman–Crippen LogP) is 3.51. The minimum Gasteiger partial charge on any atom is -0.377 e. The molecule has 0 aliphatic rings. The van der Waals surface area contributed by atoms with Gasteiger partial charge < -0.3 is 4.74 Å². The van der Waals surface area contributed by atoms with Crippen molar-refractivity contribution in [1.29, 1.82) is 0 Å². The minimum atomic E-state index is -0.232. The number of benzene rings is 1. The van der Waals surface area contributed by atoms with Gasteiger partial charge in [-0.2, -0.15) is 0 Å². The van der Waals surface area contributed by atoms with Crippen LogP contribution in [-0.4, -0.2) is 6.61 Å². The Labute approximate surface area is 86.0 Å². The van der Waals surface area contributed by atoms with Gasteiger partial charge in [-0.05, 0) is 30.2 Å². The fourth-order valence-electron chi connectivity index (χ4n) is 1.03. The van der Waals surface area contributed by atoms with E-state index in [0.29, 0.717) is 13.2 Å². The van der Waals surface area contributed by atoms with Gasteiger partial charge in [0.15, 0.2) is 0 Å². The highest BCUT2D eigenvalue weighted by molar-refractivity contribution is 9.10. The standard InChI is InChI=1S/C10H12BrFO/c1-2-3-13-7-8-4-9(11)6-10(12)5-8/h4-6H,2-3,7H2,1H3. The Kier molecular flexibility index (Phi) is 4.39. The Morgan fingerprint density at radius 1 is 1.38 bits per heavy atom. The van der Waals surface area contributed by atoms with Gasteiger partial charge in [0.25, 0.3) is 0 Å². The smallest absolute Gasteiger partial charge is 0.124 e. The molecule has 0 aromatic heterocycles. The number of rotatable bonds is 4. The first-order valence-corrected chi connectivity index (χ1v) is 5.04. The molecule has 1 rings (SSSR count). The summed E-state index contributed by atoms with van der Waals surface area (Å²) < 4.78 is 18.9. The van der Waals surface area contributed by atoms with Crippen LogP contribution in [0, 0.1) is 5.82 Å².